The number of aryl methyl sites for hydroxylation is 2. The number of carbonyl (C=O) groups excluding carboxylic acids is 1. The standard InChI is InChI=1S/C22H25N3O3S2/c1-14-8-10-17(11-9-14)22-20(29-16(3)24-22)13-21(26)25(4)15(2)18-6-5-7-19(12-18)30(23,27)28/h5-12,15H,13H2,1-4H3,(H2,23,27,28). The van der Waals surface area contributed by atoms with Crippen LogP contribution in [0.1, 0.15) is 34.0 Å². The third-order valence-electron chi connectivity index (χ3n) is 5.08. The highest BCUT2D eigenvalue weighted by atomic mass is 32.2. The number of hydrogen-bond donors (Lipinski definition) is 1. The predicted molar refractivity (Wildman–Crippen MR) is 120 cm³/mol. The van der Waals surface area contributed by atoms with Gasteiger partial charge in [-0.05, 0) is 38.5 Å². The van der Waals surface area contributed by atoms with E-state index in [-0.39, 0.29) is 23.3 Å². The van der Waals surface area contributed by atoms with Crippen LogP contribution in [0.4, 0.5) is 0 Å². The Balaban J connectivity index is 1.82. The molecule has 0 saturated carbocycles. The number of nitrogens with zero attached hydrogens (tertiary/aromatic N) is 2. The molecule has 0 fully saturated rings. The summed E-state index contributed by atoms with van der Waals surface area (Å²) in [5.41, 5.74) is 3.70. The van der Waals surface area contributed by atoms with Gasteiger partial charge in [0, 0.05) is 17.5 Å². The fourth-order valence-corrected chi connectivity index (χ4v) is 4.70. The number of carbonyl (C=O) groups is 1. The lowest BCUT2D eigenvalue weighted by atomic mass is 10.1. The highest BCUT2D eigenvalue weighted by molar-refractivity contribution is 7.89. The number of aromatic nitrogens is 1. The SMILES string of the molecule is Cc1ccc(-c2nc(C)sc2CC(=O)N(C)C(C)c2cccc(S(N)(=O)=O)c2)cc1. The molecule has 1 atom stereocenters. The van der Waals surface area contributed by atoms with Crippen molar-refractivity contribution in [2.75, 3.05) is 7.05 Å². The van der Waals surface area contributed by atoms with Crippen molar-refractivity contribution >= 4 is 27.3 Å². The van der Waals surface area contributed by atoms with E-state index >= 15 is 0 Å². The molecule has 3 rings (SSSR count). The number of sulfonamides is 1. The Kier molecular flexibility index (Phi) is 6.40. The fraction of sp³-hybridized carbons (Fsp3) is 0.273. The van der Waals surface area contributed by atoms with Crippen molar-refractivity contribution in [2.45, 2.75) is 38.1 Å². The zero-order valence-electron chi connectivity index (χ0n) is 17.4. The topological polar surface area (TPSA) is 93.4 Å². The highest BCUT2D eigenvalue weighted by Crippen LogP contribution is 2.30. The lowest BCUT2D eigenvalue weighted by Crippen LogP contribution is -2.31. The van der Waals surface area contributed by atoms with Gasteiger partial charge in [-0.1, -0.05) is 42.0 Å². The molecular weight excluding hydrogens is 418 g/mol. The van der Waals surface area contributed by atoms with Crippen molar-refractivity contribution in [3.05, 3.63) is 69.5 Å². The summed E-state index contributed by atoms with van der Waals surface area (Å²) in [4.78, 5) is 20.2. The third kappa shape index (κ3) is 4.95. The first-order chi connectivity index (χ1) is 14.1. The number of primary sulfonamides is 1. The number of likely N-dealkylation sites (N-methyl/N-ethyl adjacent to an activating group) is 1. The van der Waals surface area contributed by atoms with E-state index in [0.717, 1.165) is 21.1 Å². The van der Waals surface area contributed by atoms with Gasteiger partial charge in [-0.2, -0.15) is 0 Å². The van der Waals surface area contributed by atoms with Gasteiger partial charge < -0.3 is 4.90 Å². The zero-order chi connectivity index (χ0) is 22.1. The molecule has 0 spiro atoms. The first-order valence-electron chi connectivity index (χ1n) is 9.48. The molecule has 3 aromatic rings. The van der Waals surface area contributed by atoms with Crippen LogP contribution in [-0.4, -0.2) is 31.3 Å². The minimum absolute atomic E-state index is 0.0347. The smallest absolute Gasteiger partial charge is 0.238 e. The van der Waals surface area contributed by atoms with Crippen LogP contribution in [0, 0.1) is 13.8 Å². The summed E-state index contributed by atoms with van der Waals surface area (Å²) in [7, 11) is -2.08. The van der Waals surface area contributed by atoms with E-state index in [9.17, 15) is 13.2 Å². The average molecular weight is 444 g/mol. The molecule has 0 saturated heterocycles. The van der Waals surface area contributed by atoms with Crippen LogP contribution in [0.5, 0.6) is 0 Å². The van der Waals surface area contributed by atoms with Crippen molar-refractivity contribution in [3.8, 4) is 11.3 Å². The van der Waals surface area contributed by atoms with E-state index in [0.29, 0.717) is 5.56 Å². The summed E-state index contributed by atoms with van der Waals surface area (Å²) in [5.74, 6) is -0.0690. The molecule has 1 unspecified atom stereocenters. The molecule has 0 radical (unpaired) electrons. The molecular formula is C22H25N3O3S2. The lowest BCUT2D eigenvalue weighted by Gasteiger charge is -2.25. The minimum Gasteiger partial charge on any atom is -0.339 e. The van der Waals surface area contributed by atoms with Gasteiger partial charge in [-0.25, -0.2) is 18.5 Å². The number of benzene rings is 2. The van der Waals surface area contributed by atoms with E-state index in [1.807, 2.05) is 45.0 Å². The number of rotatable bonds is 6. The minimum atomic E-state index is -3.80. The van der Waals surface area contributed by atoms with Gasteiger partial charge in [-0.15, -0.1) is 11.3 Å². The van der Waals surface area contributed by atoms with E-state index in [1.54, 1.807) is 24.1 Å². The van der Waals surface area contributed by atoms with Crippen molar-refractivity contribution in [1.29, 1.82) is 0 Å². The van der Waals surface area contributed by atoms with Crippen molar-refractivity contribution in [3.63, 3.8) is 0 Å². The molecule has 1 aromatic heterocycles. The number of hydrogen-bond acceptors (Lipinski definition) is 5. The summed E-state index contributed by atoms with van der Waals surface area (Å²) in [6.07, 6.45) is 0.227. The fourth-order valence-electron chi connectivity index (χ4n) is 3.18. The quantitative estimate of drug-likeness (QED) is 0.626. The lowest BCUT2D eigenvalue weighted by molar-refractivity contribution is -0.131. The van der Waals surface area contributed by atoms with Crippen LogP contribution >= 0.6 is 11.3 Å². The van der Waals surface area contributed by atoms with Gasteiger partial charge >= 0.3 is 0 Å². The Morgan fingerprint density at radius 2 is 1.83 bits per heavy atom. The largest absolute Gasteiger partial charge is 0.339 e. The molecule has 0 aliphatic rings. The van der Waals surface area contributed by atoms with Gasteiger partial charge in [-0.3, -0.25) is 4.79 Å². The predicted octanol–water partition coefficient (Wildman–Crippen LogP) is 3.84. The second-order valence-corrected chi connectivity index (χ2v) is 10.2. The van der Waals surface area contributed by atoms with Gasteiger partial charge in [0.2, 0.25) is 15.9 Å². The molecule has 6 nitrogen and oxygen atoms in total. The summed E-state index contributed by atoms with van der Waals surface area (Å²) in [5, 5.41) is 6.14. The van der Waals surface area contributed by atoms with E-state index in [1.165, 1.54) is 29.0 Å². The average Bonchev–Trinajstić information content (AvgIpc) is 3.06. The van der Waals surface area contributed by atoms with Crippen LogP contribution < -0.4 is 5.14 Å². The number of amides is 1. The molecule has 2 aromatic carbocycles. The van der Waals surface area contributed by atoms with Crippen molar-refractivity contribution in [2.24, 2.45) is 5.14 Å². The highest BCUT2D eigenvalue weighted by Gasteiger charge is 2.22. The molecule has 1 heterocycles. The molecule has 1 amide bonds. The normalized spacial score (nSPS) is 12.6. The Labute approximate surface area is 181 Å². The molecule has 0 aliphatic heterocycles. The van der Waals surface area contributed by atoms with E-state index in [2.05, 4.69) is 4.98 Å². The zero-order valence-corrected chi connectivity index (χ0v) is 19.0. The van der Waals surface area contributed by atoms with Crippen molar-refractivity contribution in [1.82, 2.24) is 9.88 Å². The van der Waals surface area contributed by atoms with Crippen molar-refractivity contribution < 1.29 is 13.2 Å². The van der Waals surface area contributed by atoms with Gasteiger partial charge in [0.05, 0.1) is 28.1 Å². The maximum Gasteiger partial charge on any atom is 0.238 e. The van der Waals surface area contributed by atoms with Crippen LogP contribution in [0.25, 0.3) is 11.3 Å². The molecule has 30 heavy (non-hydrogen) atoms. The Morgan fingerprint density at radius 3 is 2.47 bits per heavy atom. The third-order valence-corrected chi connectivity index (χ3v) is 6.97. The molecule has 2 N–H and O–H groups in total. The number of thiazole rings is 1. The van der Waals surface area contributed by atoms with Crippen LogP contribution in [-0.2, 0) is 21.2 Å². The molecule has 0 bridgehead atoms. The van der Waals surface area contributed by atoms with E-state index in [4.69, 9.17) is 5.14 Å². The summed E-state index contributed by atoms with van der Waals surface area (Å²) in [6.45, 7) is 5.82. The maximum absolute atomic E-state index is 13.0. The molecule has 158 valence electrons. The van der Waals surface area contributed by atoms with Crippen LogP contribution in [0.2, 0.25) is 0 Å². The van der Waals surface area contributed by atoms with Gasteiger partial charge in [0.25, 0.3) is 0 Å². The first-order valence-corrected chi connectivity index (χ1v) is 11.8. The van der Waals surface area contributed by atoms with Crippen LogP contribution in [0.15, 0.2) is 53.4 Å². The van der Waals surface area contributed by atoms with Crippen LogP contribution in [0.3, 0.4) is 0 Å². The molecule has 8 heteroatoms. The second-order valence-electron chi connectivity index (χ2n) is 7.35. The maximum atomic E-state index is 13.0. The van der Waals surface area contributed by atoms with Gasteiger partial charge in [0.1, 0.15) is 0 Å². The monoisotopic (exact) mass is 443 g/mol. The van der Waals surface area contributed by atoms with E-state index < -0.39 is 10.0 Å². The Morgan fingerprint density at radius 1 is 1.17 bits per heavy atom. The first kappa shape index (κ1) is 22.1. The Bertz CT molecular complexity index is 1170. The molecule has 0 aliphatic carbocycles. The number of nitrogens with two attached hydrogens (primary N) is 1. The summed E-state index contributed by atoms with van der Waals surface area (Å²) < 4.78 is 23.3. The van der Waals surface area contributed by atoms with Gasteiger partial charge in [0.15, 0.2) is 0 Å². The second kappa shape index (κ2) is 8.67. The summed E-state index contributed by atoms with van der Waals surface area (Å²) in [6, 6.07) is 14.2. The summed E-state index contributed by atoms with van der Waals surface area (Å²) >= 11 is 1.52. The Hall–Kier alpha value is -2.55.